The highest BCUT2D eigenvalue weighted by Crippen LogP contribution is 2.40. The van der Waals surface area contributed by atoms with Gasteiger partial charge >= 0.3 is 0 Å². The molecule has 2 aromatic heterocycles. The molecule has 1 aliphatic heterocycles. The standard InChI is InChI=1S/C28H36N4O3S/c1-5-18(2)25-29-26(24-22-9-7-6-8-10-23(22)36-27(24)30-25)31-11-13-32(14-12-31)28(33)19-15-20(34-3)17-21(16-19)35-4/h15-18H,5-14H2,1-4H3. The number of thiophene rings is 1. The summed E-state index contributed by atoms with van der Waals surface area (Å²) in [4.78, 5) is 30.5. The first-order valence-corrected chi connectivity index (χ1v) is 13.9. The number of piperazine rings is 1. The fraction of sp³-hybridized carbons (Fsp3) is 0.536. The zero-order valence-electron chi connectivity index (χ0n) is 21.8. The van der Waals surface area contributed by atoms with Crippen molar-refractivity contribution in [2.75, 3.05) is 45.3 Å². The molecular weight excluding hydrogens is 472 g/mol. The van der Waals surface area contributed by atoms with Gasteiger partial charge in [0.1, 0.15) is 28.0 Å². The number of anilines is 1. The number of amides is 1. The maximum absolute atomic E-state index is 13.3. The van der Waals surface area contributed by atoms with E-state index in [2.05, 4.69) is 18.7 Å². The summed E-state index contributed by atoms with van der Waals surface area (Å²) >= 11 is 1.88. The Hall–Kier alpha value is -2.87. The van der Waals surface area contributed by atoms with Gasteiger partial charge in [0.15, 0.2) is 0 Å². The number of hydrogen-bond donors (Lipinski definition) is 0. The Morgan fingerprint density at radius 1 is 1.00 bits per heavy atom. The second-order valence-corrected chi connectivity index (χ2v) is 10.9. The van der Waals surface area contributed by atoms with Crippen LogP contribution >= 0.6 is 11.3 Å². The summed E-state index contributed by atoms with van der Waals surface area (Å²) in [7, 11) is 3.20. The second kappa shape index (κ2) is 10.6. The van der Waals surface area contributed by atoms with Gasteiger partial charge in [-0.1, -0.05) is 20.3 Å². The molecule has 7 nitrogen and oxygen atoms in total. The first kappa shape index (κ1) is 24.8. The van der Waals surface area contributed by atoms with Crippen molar-refractivity contribution < 1.29 is 14.3 Å². The first-order valence-electron chi connectivity index (χ1n) is 13.1. The molecule has 0 spiro atoms. The lowest BCUT2D eigenvalue weighted by Gasteiger charge is -2.36. The maximum atomic E-state index is 13.3. The van der Waals surface area contributed by atoms with E-state index < -0.39 is 0 Å². The van der Waals surface area contributed by atoms with E-state index in [0.717, 1.165) is 48.8 Å². The van der Waals surface area contributed by atoms with Crippen LogP contribution in [-0.2, 0) is 12.8 Å². The molecular formula is C28H36N4O3S. The van der Waals surface area contributed by atoms with E-state index in [-0.39, 0.29) is 5.91 Å². The Labute approximate surface area is 217 Å². The van der Waals surface area contributed by atoms with Crippen molar-refractivity contribution in [3.8, 4) is 11.5 Å². The molecule has 2 aliphatic rings. The summed E-state index contributed by atoms with van der Waals surface area (Å²) in [5.74, 6) is 3.58. The van der Waals surface area contributed by atoms with Gasteiger partial charge in [-0.25, -0.2) is 9.97 Å². The molecule has 1 aromatic carbocycles. The van der Waals surface area contributed by atoms with Crippen molar-refractivity contribution >= 4 is 33.3 Å². The Balaban J connectivity index is 1.43. The normalized spacial score (nSPS) is 17.0. The monoisotopic (exact) mass is 508 g/mol. The molecule has 1 unspecified atom stereocenters. The molecule has 0 saturated carbocycles. The summed E-state index contributed by atoms with van der Waals surface area (Å²) < 4.78 is 10.7. The zero-order valence-corrected chi connectivity index (χ0v) is 22.6. The quantitative estimate of drug-likeness (QED) is 0.412. The minimum atomic E-state index is 0.00405. The Morgan fingerprint density at radius 2 is 1.69 bits per heavy atom. The van der Waals surface area contributed by atoms with Crippen LogP contribution in [-0.4, -0.2) is 61.2 Å². The van der Waals surface area contributed by atoms with Gasteiger partial charge in [-0.05, 0) is 49.8 Å². The van der Waals surface area contributed by atoms with Gasteiger partial charge in [0.2, 0.25) is 0 Å². The highest BCUT2D eigenvalue weighted by Gasteiger charge is 2.28. The summed E-state index contributed by atoms with van der Waals surface area (Å²) in [5.41, 5.74) is 2.06. The van der Waals surface area contributed by atoms with Crippen molar-refractivity contribution in [3.05, 3.63) is 40.0 Å². The Bertz CT molecular complexity index is 1230. The summed E-state index contributed by atoms with van der Waals surface area (Å²) in [6.45, 7) is 7.21. The molecule has 3 heterocycles. The van der Waals surface area contributed by atoms with Crippen LogP contribution in [0, 0.1) is 0 Å². The van der Waals surface area contributed by atoms with Crippen LogP contribution < -0.4 is 14.4 Å². The molecule has 5 rings (SSSR count). The molecule has 0 radical (unpaired) electrons. The minimum Gasteiger partial charge on any atom is -0.497 e. The third-order valence-corrected chi connectivity index (χ3v) is 8.77. The third kappa shape index (κ3) is 4.75. The number of benzene rings is 1. The molecule has 3 aromatic rings. The lowest BCUT2D eigenvalue weighted by atomic mass is 10.1. The average molecular weight is 509 g/mol. The Morgan fingerprint density at radius 3 is 2.36 bits per heavy atom. The van der Waals surface area contributed by atoms with Crippen molar-refractivity contribution in [1.82, 2.24) is 14.9 Å². The predicted octanol–water partition coefficient (Wildman–Crippen LogP) is 5.45. The summed E-state index contributed by atoms with van der Waals surface area (Å²) in [6.07, 6.45) is 7.07. The lowest BCUT2D eigenvalue weighted by Crippen LogP contribution is -2.49. The van der Waals surface area contributed by atoms with E-state index in [9.17, 15) is 4.79 Å². The molecule has 0 bridgehead atoms. The predicted molar refractivity (Wildman–Crippen MR) is 145 cm³/mol. The highest BCUT2D eigenvalue weighted by molar-refractivity contribution is 7.19. The molecule has 1 fully saturated rings. The van der Waals surface area contributed by atoms with Crippen molar-refractivity contribution in [2.24, 2.45) is 0 Å². The number of carbonyl (C=O) groups is 1. The van der Waals surface area contributed by atoms with Crippen molar-refractivity contribution in [3.63, 3.8) is 0 Å². The van der Waals surface area contributed by atoms with Gasteiger partial charge in [-0.15, -0.1) is 11.3 Å². The summed E-state index contributed by atoms with van der Waals surface area (Å²) in [5, 5.41) is 1.27. The lowest BCUT2D eigenvalue weighted by molar-refractivity contribution is 0.0746. The zero-order chi connectivity index (χ0) is 25.2. The van der Waals surface area contributed by atoms with Crippen LogP contribution in [0.2, 0.25) is 0 Å². The number of aryl methyl sites for hydroxylation is 2. The van der Waals surface area contributed by atoms with Crippen LogP contribution in [0.1, 0.15) is 72.1 Å². The van der Waals surface area contributed by atoms with Gasteiger partial charge in [-0.3, -0.25) is 4.79 Å². The van der Waals surface area contributed by atoms with Gasteiger partial charge in [0.25, 0.3) is 5.91 Å². The van der Waals surface area contributed by atoms with Crippen molar-refractivity contribution in [1.29, 1.82) is 0 Å². The van der Waals surface area contributed by atoms with Crippen LogP contribution in [0.5, 0.6) is 11.5 Å². The van der Waals surface area contributed by atoms with Gasteiger partial charge < -0.3 is 19.3 Å². The van der Waals surface area contributed by atoms with Gasteiger partial charge in [0, 0.05) is 48.6 Å². The number of aromatic nitrogens is 2. The number of fused-ring (bicyclic) bond motifs is 3. The van der Waals surface area contributed by atoms with Crippen LogP contribution in [0.4, 0.5) is 5.82 Å². The summed E-state index contributed by atoms with van der Waals surface area (Å²) in [6, 6.07) is 5.35. The molecule has 36 heavy (non-hydrogen) atoms. The van der Waals surface area contributed by atoms with Crippen molar-refractivity contribution in [2.45, 2.75) is 58.3 Å². The molecule has 1 saturated heterocycles. The van der Waals surface area contributed by atoms with Gasteiger partial charge in [0.05, 0.1) is 19.6 Å². The second-order valence-electron chi connectivity index (χ2n) is 9.84. The average Bonchev–Trinajstić information content (AvgIpc) is 3.11. The van der Waals surface area contributed by atoms with E-state index in [1.807, 2.05) is 16.2 Å². The number of carbonyl (C=O) groups excluding carboxylic acids is 1. The maximum Gasteiger partial charge on any atom is 0.254 e. The first-order chi connectivity index (χ1) is 17.5. The Kier molecular flexibility index (Phi) is 7.32. The molecule has 192 valence electrons. The van der Waals surface area contributed by atoms with Crippen LogP contribution in [0.15, 0.2) is 18.2 Å². The number of ether oxygens (including phenoxy) is 2. The van der Waals surface area contributed by atoms with E-state index in [4.69, 9.17) is 19.4 Å². The smallest absolute Gasteiger partial charge is 0.254 e. The SMILES string of the molecule is CCC(C)c1nc(N2CCN(C(=O)c3cc(OC)cc(OC)c3)CC2)c2c3c(sc2n1)CCCCC3. The van der Waals surface area contributed by atoms with E-state index in [1.54, 1.807) is 32.4 Å². The minimum absolute atomic E-state index is 0.00405. The molecule has 0 N–H and O–H groups in total. The number of hydrogen-bond acceptors (Lipinski definition) is 7. The van der Waals surface area contributed by atoms with E-state index in [1.165, 1.54) is 35.1 Å². The van der Waals surface area contributed by atoms with E-state index >= 15 is 0 Å². The number of nitrogens with zero attached hydrogens (tertiary/aromatic N) is 4. The highest BCUT2D eigenvalue weighted by atomic mass is 32.1. The number of methoxy groups -OCH3 is 2. The molecule has 1 atom stereocenters. The third-order valence-electron chi connectivity index (χ3n) is 7.58. The van der Waals surface area contributed by atoms with Gasteiger partial charge in [-0.2, -0.15) is 0 Å². The number of rotatable bonds is 6. The molecule has 1 amide bonds. The van der Waals surface area contributed by atoms with E-state index in [0.29, 0.717) is 36.1 Å². The molecule has 1 aliphatic carbocycles. The molecule has 8 heteroatoms. The largest absolute Gasteiger partial charge is 0.497 e. The topological polar surface area (TPSA) is 67.8 Å². The van der Waals surface area contributed by atoms with Crippen LogP contribution in [0.25, 0.3) is 10.2 Å². The fourth-order valence-corrected chi connectivity index (χ4v) is 6.46. The van der Waals surface area contributed by atoms with Crippen LogP contribution in [0.3, 0.4) is 0 Å². The fourth-order valence-electron chi connectivity index (χ4n) is 5.20.